The van der Waals surface area contributed by atoms with Gasteiger partial charge in [0.25, 0.3) is 0 Å². The topological polar surface area (TPSA) is 19.4 Å². The molecule has 0 bridgehead atoms. The second kappa shape index (κ2) is 22.0. The zero-order valence-electron chi connectivity index (χ0n) is 40.9. The van der Waals surface area contributed by atoms with E-state index in [1.165, 1.54) is 97.7 Å². The molecule has 4 heterocycles. The summed E-state index contributed by atoms with van der Waals surface area (Å²) in [4.78, 5) is 15.5. The fourth-order valence-electron chi connectivity index (χ4n) is 8.22. The van der Waals surface area contributed by atoms with Gasteiger partial charge in [0, 0.05) is 86.1 Å². The van der Waals surface area contributed by atoms with E-state index in [2.05, 4.69) is 181 Å². The Labute approximate surface area is 341 Å². The van der Waals surface area contributed by atoms with Crippen molar-refractivity contribution in [3.8, 4) is 0 Å². The Bertz CT molecular complexity index is 966. The van der Waals surface area contributed by atoms with Crippen LogP contribution in [-0.4, -0.2) is 142 Å². The first-order valence-electron chi connectivity index (χ1n) is 22.6. The number of rotatable bonds is 3. The molecule has 0 amide bonds. The number of nitrogens with zero attached hydrogens (tertiary/aromatic N) is 6. The summed E-state index contributed by atoms with van der Waals surface area (Å²) in [5, 5.41) is 0. The molecular weight excluding hydrogens is 661 g/mol. The van der Waals surface area contributed by atoms with Gasteiger partial charge in [0.2, 0.25) is 0 Å². The Balaban J connectivity index is 0.000000361. The predicted molar refractivity (Wildman–Crippen MR) is 243 cm³/mol. The van der Waals surface area contributed by atoms with Crippen LogP contribution in [0.15, 0.2) is 11.6 Å². The molecular formula is C48H100N6. The fourth-order valence-corrected chi connectivity index (χ4v) is 8.22. The molecule has 0 spiro atoms. The predicted octanol–water partition coefficient (Wildman–Crippen LogP) is 10.6. The molecule has 0 saturated carbocycles. The van der Waals surface area contributed by atoms with Crippen LogP contribution in [0.2, 0.25) is 0 Å². The summed E-state index contributed by atoms with van der Waals surface area (Å²) in [5.74, 6) is 2.59. The van der Waals surface area contributed by atoms with Crippen LogP contribution in [0.5, 0.6) is 0 Å². The van der Waals surface area contributed by atoms with Gasteiger partial charge >= 0.3 is 0 Å². The first kappa shape index (κ1) is 51.5. The average Bonchev–Trinajstić information content (AvgIpc) is 3.32. The lowest BCUT2D eigenvalue weighted by Crippen LogP contribution is -2.54. The molecule has 0 radical (unpaired) electrons. The third-order valence-electron chi connectivity index (χ3n) is 12.8. The van der Waals surface area contributed by atoms with E-state index in [0.29, 0.717) is 33.7 Å². The van der Waals surface area contributed by atoms with Crippen LogP contribution in [0, 0.1) is 17.8 Å². The molecule has 0 N–H and O–H groups in total. The van der Waals surface area contributed by atoms with Crippen molar-refractivity contribution in [1.29, 1.82) is 0 Å². The summed E-state index contributed by atoms with van der Waals surface area (Å²) in [7, 11) is 0. The lowest BCUT2D eigenvalue weighted by atomic mass is 9.85. The van der Waals surface area contributed by atoms with Crippen molar-refractivity contribution in [2.24, 2.45) is 17.8 Å². The van der Waals surface area contributed by atoms with E-state index in [0.717, 1.165) is 24.3 Å². The largest absolute Gasteiger partial charge is 0.298 e. The smallest absolute Gasteiger partial charge is 0.0171 e. The zero-order valence-corrected chi connectivity index (χ0v) is 40.9. The normalized spacial score (nSPS) is 22.2. The fraction of sp³-hybridized carbons (Fsp3) is 0.958. The maximum atomic E-state index is 2.62. The second-order valence-corrected chi connectivity index (χ2v) is 23.0. The van der Waals surface area contributed by atoms with Gasteiger partial charge in [-0.05, 0) is 187 Å². The van der Waals surface area contributed by atoms with Crippen molar-refractivity contribution >= 4 is 0 Å². The molecule has 0 unspecified atom stereocenters. The van der Waals surface area contributed by atoms with E-state index in [1.807, 2.05) is 0 Å². The van der Waals surface area contributed by atoms with E-state index in [-0.39, 0.29) is 0 Å². The Hall–Kier alpha value is -0.500. The lowest BCUT2D eigenvalue weighted by Gasteiger charge is -2.43. The summed E-state index contributed by atoms with van der Waals surface area (Å²) in [5.41, 5.74) is 3.35. The highest BCUT2D eigenvalue weighted by Crippen LogP contribution is 2.28. The maximum Gasteiger partial charge on any atom is 0.0171 e. The van der Waals surface area contributed by atoms with Crippen molar-refractivity contribution in [2.75, 3.05) is 78.5 Å². The molecule has 4 aliphatic rings. The molecule has 0 atom stereocenters. The van der Waals surface area contributed by atoms with Crippen molar-refractivity contribution < 1.29 is 0 Å². The molecule has 0 aliphatic carbocycles. The van der Waals surface area contributed by atoms with Crippen LogP contribution in [0.3, 0.4) is 0 Å². The minimum absolute atomic E-state index is 0.327. The molecule has 322 valence electrons. The van der Waals surface area contributed by atoms with E-state index < -0.39 is 0 Å². The monoisotopic (exact) mass is 761 g/mol. The number of hydrogen-bond donors (Lipinski definition) is 0. The molecule has 3 fully saturated rings. The Morgan fingerprint density at radius 2 is 0.796 bits per heavy atom. The van der Waals surface area contributed by atoms with Crippen molar-refractivity contribution in [3.05, 3.63) is 11.6 Å². The van der Waals surface area contributed by atoms with Crippen LogP contribution in [-0.2, 0) is 0 Å². The molecule has 3 saturated heterocycles. The van der Waals surface area contributed by atoms with Crippen LogP contribution in [0.4, 0.5) is 0 Å². The quantitative estimate of drug-likeness (QED) is 0.265. The Kier molecular flexibility index (Phi) is 21.0. The van der Waals surface area contributed by atoms with Gasteiger partial charge in [-0.3, -0.25) is 29.4 Å². The third kappa shape index (κ3) is 19.3. The van der Waals surface area contributed by atoms with Crippen LogP contribution in [0.25, 0.3) is 0 Å². The Morgan fingerprint density at radius 1 is 0.444 bits per heavy atom. The van der Waals surface area contributed by atoms with Gasteiger partial charge in [-0.1, -0.05) is 39.3 Å². The van der Waals surface area contributed by atoms with Gasteiger partial charge in [-0.25, -0.2) is 0 Å². The summed E-state index contributed by atoms with van der Waals surface area (Å²) in [6, 6.07) is 0.710. The summed E-state index contributed by atoms with van der Waals surface area (Å²) >= 11 is 0. The van der Waals surface area contributed by atoms with E-state index >= 15 is 0 Å². The minimum atomic E-state index is 0.327. The van der Waals surface area contributed by atoms with Gasteiger partial charge < -0.3 is 0 Å². The standard InChI is InChI=1S/C13H28N2.C12H25N.C12H23N.C11H24N2/c1-12(2,3)14-8-7-9-15(11-10-14)13(4,5)6;2*1-10(2)11-6-8-13(9-7-11)12(3,4)5;1-10(2)12-6-8-13(9-7-12)11(3,4)5/h7-11H2,1-6H3;10-11H,6-9H2,1-5H3;6,10H,7-9H2,1-5H3;10H,6-9H2,1-5H3. The molecule has 6 nitrogen and oxygen atoms in total. The molecule has 4 aliphatic heterocycles. The van der Waals surface area contributed by atoms with E-state index in [1.54, 1.807) is 5.57 Å². The van der Waals surface area contributed by atoms with E-state index in [4.69, 9.17) is 0 Å². The SMILES string of the molecule is CC(C)(C)N1CCCN(C(C)(C)C)CC1.CC(C)C1=CCN(C(C)(C)C)CC1.CC(C)C1CCN(C(C)(C)C)CC1.CC(C)N1CCN(C(C)(C)C)CC1. The summed E-state index contributed by atoms with van der Waals surface area (Å²) in [6.07, 6.45) is 7.77. The van der Waals surface area contributed by atoms with Gasteiger partial charge in [0.05, 0.1) is 0 Å². The van der Waals surface area contributed by atoms with Gasteiger partial charge in [-0.15, -0.1) is 0 Å². The van der Waals surface area contributed by atoms with Gasteiger partial charge in [0.1, 0.15) is 0 Å². The second-order valence-electron chi connectivity index (χ2n) is 23.0. The molecule has 6 heteroatoms. The van der Waals surface area contributed by atoms with Crippen LogP contribution in [0.1, 0.15) is 171 Å². The first-order chi connectivity index (χ1) is 24.4. The highest BCUT2D eigenvalue weighted by molar-refractivity contribution is 5.10. The van der Waals surface area contributed by atoms with Crippen LogP contribution < -0.4 is 0 Å². The molecule has 54 heavy (non-hydrogen) atoms. The molecule has 4 rings (SSSR count). The average molecular weight is 761 g/mol. The summed E-state index contributed by atoms with van der Waals surface area (Å²) in [6.45, 7) is 63.3. The number of hydrogen-bond acceptors (Lipinski definition) is 6. The third-order valence-corrected chi connectivity index (χ3v) is 12.8. The molecule has 0 aromatic heterocycles. The molecule has 0 aromatic carbocycles. The highest BCUT2D eigenvalue weighted by Gasteiger charge is 2.30. The Morgan fingerprint density at radius 3 is 1.09 bits per heavy atom. The maximum absolute atomic E-state index is 2.62. The van der Waals surface area contributed by atoms with Crippen molar-refractivity contribution in [3.63, 3.8) is 0 Å². The lowest BCUT2D eigenvalue weighted by molar-refractivity contribution is 0.0491. The first-order valence-corrected chi connectivity index (χ1v) is 22.6. The van der Waals surface area contributed by atoms with Gasteiger partial charge in [0.15, 0.2) is 0 Å². The van der Waals surface area contributed by atoms with Crippen molar-refractivity contribution in [1.82, 2.24) is 29.4 Å². The zero-order chi connectivity index (χ0) is 41.9. The van der Waals surface area contributed by atoms with Crippen LogP contribution >= 0.6 is 0 Å². The highest BCUT2D eigenvalue weighted by atomic mass is 15.3. The molecule has 0 aromatic rings. The summed E-state index contributed by atoms with van der Waals surface area (Å²) < 4.78 is 0. The van der Waals surface area contributed by atoms with Gasteiger partial charge in [-0.2, -0.15) is 0 Å². The number of piperazine rings is 1. The van der Waals surface area contributed by atoms with Crippen molar-refractivity contribution in [2.45, 2.75) is 205 Å². The number of piperidine rings is 1. The minimum Gasteiger partial charge on any atom is -0.298 e. The van der Waals surface area contributed by atoms with E-state index in [9.17, 15) is 0 Å². The number of likely N-dealkylation sites (tertiary alicyclic amines) is 1.